The Balaban J connectivity index is 2.60. The number of carbonyl (C=O) groups excluding carboxylic acids is 1. The van der Waals surface area contributed by atoms with Gasteiger partial charge in [-0.05, 0) is 25.3 Å². The molecular formula is C13H18ClN3O4. The molecule has 0 bridgehead atoms. The van der Waals surface area contributed by atoms with Crippen molar-refractivity contribution in [1.29, 1.82) is 0 Å². The van der Waals surface area contributed by atoms with E-state index >= 15 is 0 Å². The fraction of sp³-hybridized carbons (Fsp3) is 0.462. The van der Waals surface area contributed by atoms with Crippen LogP contribution in [0.25, 0.3) is 0 Å². The molecule has 0 spiro atoms. The van der Waals surface area contributed by atoms with Gasteiger partial charge in [0.15, 0.2) is 0 Å². The van der Waals surface area contributed by atoms with Crippen molar-refractivity contribution in [2.75, 3.05) is 26.0 Å². The Kier molecular flexibility index (Phi) is 6.90. The average Bonchev–Trinajstić information content (AvgIpc) is 2.44. The SMILES string of the molecule is COCCCCCNC(=O)c1cc(Cl)c(N)c([N+](=O)[O-])c1. The third-order valence-corrected chi connectivity index (χ3v) is 3.19. The first-order valence-corrected chi connectivity index (χ1v) is 6.85. The van der Waals surface area contributed by atoms with E-state index in [1.54, 1.807) is 7.11 Å². The molecule has 0 aliphatic carbocycles. The first kappa shape index (κ1) is 17.2. The second-order valence-corrected chi connectivity index (χ2v) is 4.86. The van der Waals surface area contributed by atoms with Crippen LogP contribution in [0.5, 0.6) is 0 Å². The number of nitrogens with two attached hydrogens (primary N) is 1. The van der Waals surface area contributed by atoms with Crippen LogP contribution in [-0.4, -0.2) is 31.1 Å². The minimum atomic E-state index is -0.664. The Hall–Kier alpha value is -1.86. The number of hydrogen-bond acceptors (Lipinski definition) is 5. The standard InChI is InChI=1S/C13H18ClN3O4/c1-21-6-4-2-3-5-16-13(18)9-7-10(14)12(15)11(8-9)17(19)20/h7-8H,2-6,15H2,1H3,(H,16,18). The van der Waals surface area contributed by atoms with Crippen molar-refractivity contribution >= 4 is 28.9 Å². The number of methoxy groups -OCH3 is 1. The monoisotopic (exact) mass is 315 g/mol. The maximum Gasteiger partial charge on any atom is 0.294 e. The average molecular weight is 316 g/mol. The zero-order chi connectivity index (χ0) is 15.8. The van der Waals surface area contributed by atoms with Gasteiger partial charge in [0.1, 0.15) is 5.69 Å². The zero-order valence-corrected chi connectivity index (χ0v) is 12.5. The molecule has 1 amide bonds. The molecule has 0 heterocycles. The number of unbranched alkanes of at least 4 members (excludes halogenated alkanes) is 2. The summed E-state index contributed by atoms with van der Waals surface area (Å²) in [6.07, 6.45) is 2.65. The van der Waals surface area contributed by atoms with E-state index < -0.39 is 10.8 Å². The highest BCUT2D eigenvalue weighted by Gasteiger charge is 2.19. The Morgan fingerprint density at radius 3 is 2.76 bits per heavy atom. The topological polar surface area (TPSA) is 107 Å². The predicted molar refractivity (Wildman–Crippen MR) is 80.6 cm³/mol. The highest BCUT2D eigenvalue weighted by atomic mass is 35.5. The number of nitro groups is 1. The summed E-state index contributed by atoms with van der Waals surface area (Å²) in [7, 11) is 1.64. The molecule has 0 aromatic heterocycles. The van der Waals surface area contributed by atoms with Gasteiger partial charge in [-0.25, -0.2) is 0 Å². The Bertz CT molecular complexity index is 522. The molecule has 0 atom stereocenters. The molecule has 0 unspecified atom stereocenters. The summed E-state index contributed by atoms with van der Waals surface area (Å²) in [5, 5.41) is 13.5. The molecular weight excluding hydrogens is 298 g/mol. The molecule has 1 rings (SSSR count). The summed E-state index contributed by atoms with van der Waals surface area (Å²) in [6, 6.07) is 2.45. The summed E-state index contributed by atoms with van der Waals surface area (Å²) < 4.78 is 4.92. The molecule has 0 saturated carbocycles. The van der Waals surface area contributed by atoms with Crippen molar-refractivity contribution in [3.8, 4) is 0 Å². The molecule has 116 valence electrons. The number of rotatable bonds is 8. The van der Waals surface area contributed by atoms with Crippen LogP contribution in [0.4, 0.5) is 11.4 Å². The second kappa shape index (κ2) is 8.43. The molecule has 21 heavy (non-hydrogen) atoms. The number of ether oxygens (including phenoxy) is 1. The molecule has 3 N–H and O–H groups in total. The van der Waals surface area contributed by atoms with Gasteiger partial charge in [0, 0.05) is 31.9 Å². The van der Waals surface area contributed by atoms with E-state index in [0.29, 0.717) is 13.2 Å². The van der Waals surface area contributed by atoms with Gasteiger partial charge in [-0.2, -0.15) is 0 Å². The van der Waals surface area contributed by atoms with Gasteiger partial charge in [0.25, 0.3) is 11.6 Å². The number of nitrogens with one attached hydrogen (secondary N) is 1. The smallest absolute Gasteiger partial charge is 0.294 e. The first-order valence-electron chi connectivity index (χ1n) is 6.48. The number of halogens is 1. The van der Waals surface area contributed by atoms with Gasteiger partial charge in [0.2, 0.25) is 0 Å². The van der Waals surface area contributed by atoms with E-state index in [9.17, 15) is 14.9 Å². The number of amides is 1. The quantitative estimate of drug-likeness (QED) is 0.331. The lowest BCUT2D eigenvalue weighted by Gasteiger charge is -2.07. The van der Waals surface area contributed by atoms with E-state index in [4.69, 9.17) is 22.1 Å². The highest BCUT2D eigenvalue weighted by molar-refractivity contribution is 6.34. The van der Waals surface area contributed by atoms with Crippen molar-refractivity contribution < 1.29 is 14.5 Å². The molecule has 1 aromatic carbocycles. The van der Waals surface area contributed by atoms with E-state index in [1.807, 2.05) is 0 Å². The van der Waals surface area contributed by atoms with Crippen LogP contribution in [0.2, 0.25) is 5.02 Å². The van der Waals surface area contributed by atoms with E-state index in [2.05, 4.69) is 5.32 Å². The van der Waals surface area contributed by atoms with Crippen molar-refractivity contribution in [3.63, 3.8) is 0 Å². The number of carbonyl (C=O) groups is 1. The highest BCUT2D eigenvalue weighted by Crippen LogP contribution is 2.30. The maximum absolute atomic E-state index is 11.9. The Morgan fingerprint density at radius 2 is 2.14 bits per heavy atom. The van der Waals surface area contributed by atoms with Crippen LogP contribution in [-0.2, 0) is 4.74 Å². The summed E-state index contributed by atoms with van der Waals surface area (Å²) in [5.74, 6) is -0.410. The number of hydrogen-bond donors (Lipinski definition) is 2. The molecule has 8 heteroatoms. The number of anilines is 1. The van der Waals surface area contributed by atoms with Gasteiger partial charge < -0.3 is 15.8 Å². The molecule has 0 fully saturated rings. The van der Waals surface area contributed by atoms with Crippen LogP contribution in [0.3, 0.4) is 0 Å². The van der Waals surface area contributed by atoms with Gasteiger partial charge >= 0.3 is 0 Å². The van der Waals surface area contributed by atoms with Gasteiger partial charge in [-0.15, -0.1) is 0 Å². The predicted octanol–water partition coefficient (Wildman–Crippen LogP) is 2.38. The molecule has 0 aliphatic heterocycles. The minimum Gasteiger partial charge on any atom is -0.392 e. The van der Waals surface area contributed by atoms with Crippen molar-refractivity contribution in [2.24, 2.45) is 0 Å². The largest absolute Gasteiger partial charge is 0.392 e. The summed E-state index contributed by atoms with van der Waals surface area (Å²) in [4.78, 5) is 22.1. The van der Waals surface area contributed by atoms with Crippen LogP contribution in [0.15, 0.2) is 12.1 Å². The molecule has 0 radical (unpaired) electrons. The van der Waals surface area contributed by atoms with Gasteiger partial charge in [0.05, 0.1) is 9.95 Å². The lowest BCUT2D eigenvalue weighted by Crippen LogP contribution is -2.24. The minimum absolute atomic E-state index is 0.00514. The number of benzene rings is 1. The van der Waals surface area contributed by atoms with E-state index in [1.165, 1.54) is 6.07 Å². The molecule has 1 aromatic rings. The van der Waals surface area contributed by atoms with E-state index in [-0.39, 0.29) is 22.0 Å². The van der Waals surface area contributed by atoms with Crippen LogP contribution >= 0.6 is 11.6 Å². The number of nitrogen functional groups attached to an aromatic ring is 1. The van der Waals surface area contributed by atoms with Crippen LogP contribution < -0.4 is 11.1 Å². The van der Waals surface area contributed by atoms with Crippen LogP contribution in [0.1, 0.15) is 29.6 Å². The molecule has 0 aliphatic rings. The zero-order valence-electron chi connectivity index (χ0n) is 11.7. The first-order chi connectivity index (χ1) is 9.97. The lowest BCUT2D eigenvalue weighted by atomic mass is 10.1. The molecule has 7 nitrogen and oxygen atoms in total. The fourth-order valence-corrected chi connectivity index (χ4v) is 1.95. The van der Waals surface area contributed by atoms with Crippen molar-refractivity contribution in [2.45, 2.75) is 19.3 Å². The van der Waals surface area contributed by atoms with Gasteiger partial charge in [-0.3, -0.25) is 14.9 Å². The van der Waals surface area contributed by atoms with E-state index in [0.717, 1.165) is 25.3 Å². The number of nitro benzene ring substituents is 1. The summed E-state index contributed by atoms with van der Waals surface area (Å²) in [5.41, 5.74) is 5.12. The lowest BCUT2D eigenvalue weighted by molar-refractivity contribution is -0.383. The van der Waals surface area contributed by atoms with Crippen LogP contribution in [0, 0.1) is 10.1 Å². The third kappa shape index (κ3) is 5.20. The van der Waals surface area contributed by atoms with Gasteiger partial charge in [-0.1, -0.05) is 11.6 Å². The summed E-state index contributed by atoms with van der Waals surface area (Å²) >= 11 is 5.80. The van der Waals surface area contributed by atoms with Crippen molar-refractivity contribution in [3.05, 3.63) is 32.8 Å². The van der Waals surface area contributed by atoms with Crippen molar-refractivity contribution in [1.82, 2.24) is 5.32 Å². The third-order valence-electron chi connectivity index (χ3n) is 2.88. The molecule has 0 saturated heterocycles. The Labute approximate surface area is 127 Å². The number of nitrogens with zero attached hydrogens (tertiary/aromatic N) is 1. The maximum atomic E-state index is 11.9. The summed E-state index contributed by atoms with van der Waals surface area (Å²) in [6.45, 7) is 1.17. The normalized spacial score (nSPS) is 10.4. The second-order valence-electron chi connectivity index (χ2n) is 4.46. The fourth-order valence-electron chi connectivity index (χ4n) is 1.74. The Morgan fingerprint density at radius 1 is 1.43 bits per heavy atom.